The van der Waals surface area contributed by atoms with Crippen molar-refractivity contribution in [2.24, 2.45) is 4.99 Å². The lowest BCUT2D eigenvalue weighted by molar-refractivity contribution is -0.143. The molecule has 0 aliphatic carbocycles. The van der Waals surface area contributed by atoms with Crippen molar-refractivity contribution >= 4 is 55.0 Å². The standard InChI is InChI=1S/C22H24N2O5S3/c1-4-29-21(26)14-24-18-11-10-17(32(3,27)28)13-19(18)31-22(24)23-20(25)12-15-6-8-16(9-7-15)30-5-2/h6-11,13H,4-5,12,14H2,1-3H3. The smallest absolute Gasteiger partial charge is 0.326 e. The third-order valence-electron chi connectivity index (χ3n) is 4.48. The number of esters is 1. The molecule has 0 aliphatic heterocycles. The highest BCUT2D eigenvalue weighted by molar-refractivity contribution is 7.99. The quantitative estimate of drug-likeness (QED) is 0.353. The van der Waals surface area contributed by atoms with Gasteiger partial charge in [0.2, 0.25) is 0 Å². The molecular formula is C22H24N2O5S3. The highest BCUT2D eigenvalue weighted by Gasteiger charge is 2.15. The van der Waals surface area contributed by atoms with Crippen LogP contribution in [0, 0.1) is 0 Å². The number of thiazole rings is 1. The molecule has 3 rings (SSSR count). The number of nitrogens with zero attached hydrogens (tertiary/aromatic N) is 2. The van der Waals surface area contributed by atoms with Crippen LogP contribution < -0.4 is 4.80 Å². The minimum atomic E-state index is -3.39. The van der Waals surface area contributed by atoms with Gasteiger partial charge in [-0.05, 0) is 48.6 Å². The molecule has 1 amide bonds. The molecule has 0 radical (unpaired) electrons. The first-order valence-electron chi connectivity index (χ1n) is 9.99. The van der Waals surface area contributed by atoms with Gasteiger partial charge in [0.25, 0.3) is 5.91 Å². The predicted octanol–water partition coefficient (Wildman–Crippen LogP) is 3.45. The molecule has 0 saturated heterocycles. The van der Waals surface area contributed by atoms with Crippen molar-refractivity contribution in [1.29, 1.82) is 0 Å². The summed E-state index contributed by atoms with van der Waals surface area (Å²) in [6, 6.07) is 12.4. The number of hydrogen-bond donors (Lipinski definition) is 0. The van der Waals surface area contributed by atoms with Gasteiger partial charge in [-0.3, -0.25) is 9.59 Å². The molecule has 0 spiro atoms. The zero-order valence-corrected chi connectivity index (χ0v) is 20.5. The Balaban J connectivity index is 1.99. The number of carbonyl (C=O) groups excluding carboxylic acids is 2. The molecule has 1 heterocycles. The van der Waals surface area contributed by atoms with Gasteiger partial charge in [0, 0.05) is 11.2 Å². The summed E-state index contributed by atoms with van der Waals surface area (Å²) in [7, 11) is -3.39. The van der Waals surface area contributed by atoms with E-state index in [0.717, 1.165) is 33.8 Å². The lowest BCUT2D eigenvalue weighted by Crippen LogP contribution is -2.23. The number of thioether (sulfide) groups is 1. The molecule has 0 fully saturated rings. The third-order valence-corrected chi connectivity index (χ3v) is 7.53. The monoisotopic (exact) mass is 492 g/mol. The molecule has 0 bridgehead atoms. The first kappa shape index (κ1) is 24.2. The summed E-state index contributed by atoms with van der Waals surface area (Å²) in [6.45, 7) is 3.90. The lowest BCUT2D eigenvalue weighted by atomic mass is 10.1. The van der Waals surface area contributed by atoms with Crippen LogP contribution in [-0.4, -0.2) is 43.5 Å². The molecule has 0 atom stereocenters. The van der Waals surface area contributed by atoms with Crippen LogP contribution in [0.15, 0.2) is 57.2 Å². The number of fused-ring (bicyclic) bond motifs is 1. The van der Waals surface area contributed by atoms with Gasteiger partial charge in [0.1, 0.15) is 6.54 Å². The average molecular weight is 493 g/mol. The summed E-state index contributed by atoms with van der Waals surface area (Å²) < 4.78 is 31.1. The predicted molar refractivity (Wildman–Crippen MR) is 127 cm³/mol. The van der Waals surface area contributed by atoms with E-state index in [0.29, 0.717) is 15.0 Å². The van der Waals surface area contributed by atoms with Gasteiger partial charge in [0.15, 0.2) is 14.6 Å². The fourth-order valence-electron chi connectivity index (χ4n) is 3.05. The van der Waals surface area contributed by atoms with Crippen molar-refractivity contribution in [2.45, 2.75) is 36.6 Å². The Morgan fingerprint density at radius 3 is 2.47 bits per heavy atom. The molecule has 0 unspecified atom stereocenters. The van der Waals surface area contributed by atoms with Crippen molar-refractivity contribution in [2.75, 3.05) is 18.6 Å². The first-order valence-corrected chi connectivity index (χ1v) is 13.7. The molecule has 32 heavy (non-hydrogen) atoms. The Bertz CT molecular complexity index is 1310. The zero-order chi connectivity index (χ0) is 23.3. The van der Waals surface area contributed by atoms with Crippen molar-refractivity contribution in [1.82, 2.24) is 4.57 Å². The van der Waals surface area contributed by atoms with Crippen molar-refractivity contribution in [3.05, 3.63) is 52.8 Å². The molecule has 3 aromatic rings. The zero-order valence-electron chi connectivity index (χ0n) is 18.0. The second-order valence-electron chi connectivity index (χ2n) is 6.94. The summed E-state index contributed by atoms with van der Waals surface area (Å²) in [5, 5.41) is 0. The molecular weight excluding hydrogens is 468 g/mol. The van der Waals surface area contributed by atoms with Crippen molar-refractivity contribution in [3.8, 4) is 0 Å². The van der Waals surface area contributed by atoms with Crippen LogP contribution in [0.4, 0.5) is 0 Å². The molecule has 170 valence electrons. The lowest BCUT2D eigenvalue weighted by Gasteiger charge is -2.06. The summed E-state index contributed by atoms with van der Waals surface area (Å²) in [5.74, 6) is 0.159. The topological polar surface area (TPSA) is 94.8 Å². The van der Waals surface area contributed by atoms with Gasteiger partial charge < -0.3 is 9.30 Å². The van der Waals surface area contributed by atoms with Gasteiger partial charge in [0.05, 0.1) is 28.1 Å². The van der Waals surface area contributed by atoms with E-state index in [-0.39, 0.29) is 30.4 Å². The maximum Gasteiger partial charge on any atom is 0.326 e. The highest BCUT2D eigenvalue weighted by atomic mass is 32.2. The molecule has 2 aromatic carbocycles. The van der Waals surface area contributed by atoms with Gasteiger partial charge in [-0.2, -0.15) is 4.99 Å². The van der Waals surface area contributed by atoms with Crippen LogP contribution in [0.5, 0.6) is 0 Å². The van der Waals surface area contributed by atoms with E-state index in [2.05, 4.69) is 11.9 Å². The minimum Gasteiger partial charge on any atom is -0.465 e. The van der Waals surface area contributed by atoms with Gasteiger partial charge in [-0.15, -0.1) is 11.8 Å². The minimum absolute atomic E-state index is 0.124. The van der Waals surface area contributed by atoms with Crippen molar-refractivity contribution < 1.29 is 22.7 Å². The molecule has 0 saturated carbocycles. The number of benzene rings is 2. The maximum absolute atomic E-state index is 12.7. The Morgan fingerprint density at radius 1 is 1.12 bits per heavy atom. The number of carbonyl (C=O) groups is 2. The number of amides is 1. The maximum atomic E-state index is 12.7. The fraction of sp³-hybridized carbons (Fsp3) is 0.318. The van der Waals surface area contributed by atoms with E-state index < -0.39 is 15.8 Å². The Morgan fingerprint density at radius 2 is 1.84 bits per heavy atom. The Kier molecular flexibility index (Phi) is 7.91. The van der Waals surface area contributed by atoms with Crippen LogP contribution >= 0.6 is 23.1 Å². The van der Waals surface area contributed by atoms with E-state index in [4.69, 9.17) is 4.74 Å². The van der Waals surface area contributed by atoms with Crippen LogP contribution in [0.2, 0.25) is 0 Å². The van der Waals surface area contributed by atoms with Crippen LogP contribution in [0.1, 0.15) is 19.4 Å². The summed E-state index contributed by atoms with van der Waals surface area (Å²) in [5.41, 5.74) is 1.46. The summed E-state index contributed by atoms with van der Waals surface area (Å²) >= 11 is 2.89. The number of ether oxygens (including phenoxy) is 1. The number of aromatic nitrogens is 1. The Labute approximate surface area is 195 Å². The first-order chi connectivity index (χ1) is 15.2. The second kappa shape index (κ2) is 10.5. The van der Waals surface area contributed by atoms with E-state index in [9.17, 15) is 18.0 Å². The number of rotatable bonds is 8. The summed E-state index contributed by atoms with van der Waals surface area (Å²) in [4.78, 5) is 30.7. The van der Waals surface area contributed by atoms with E-state index in [1.165, 1.54) is 12.1 Å². The van der Waals surface area contributed by atoms with E-state index >= 15 is 0 Å². The van der Waals surface area contributed by atoms with Gasteiger partial charge in [-0.1, -0.05) is 30.4 Å². The largest absolute Gasteiger partial charge is 0.465 e. The van der Waals surface area contributed by atoms with Crippen LogP contribution in [0.3, 0.4) is 0 Å². The van der Waals surface area contributed by atoms with E-state index in [1.807, 2.05) is 24.3 Å². The summed E-state index contributed by atoms with van der Waals surface area (Å²) in [6.07, 6.45) is 1.26. The highest BCUT2D eigenvalue weighted by Crippen LogP contribution is 2.22. The number of sulfone groups is 1. The fourth-order valence-corrected chi connectivity index (χ4v) is 5.52. The molecule has 1 aromatic heterocycles. The molecule has 0 aliphatic rings. The number of hydrogen-bond acceptors (Lipinski definition) is 7. The van der Waals surface area contributed by atoms with Crippen LogP contribution in [-0.2, 0) is 37.1 Å². The second-order valence-corrected chi connectivity index (χ2v) is 11.3. The van der Waals surface area contributed by atoms with Gasteiger partial charge >= 0.3 is 5.97 Å². The van der Waals surface area contributed by atoms with Gasteiger partial charge in [-0.25, -0.2) is 8.42 Å². The molecule has 7 nitrogen and oxygen atoms in total. The van der Waals surface area contributed by atoms with Crippen LogP contribution in [0.25, 0.3) is 10.2 Å². The third kappa shape index (κ3) is 6.08. The SMILES string of the molecule is CCOC(=O)Cn1c(=NC(=O)Cc2ccc(SCC)cc2)sc2cc(S(C)(=O)=O)ccc21. The van der Waals surface area contributed by atoms with Crippen molar-refractivity contribution in [3.63, 3.8) is 0 Å². The average Bonchev–Trinajstić information content (AvgIpc) is 3.05. The Hall–Kier alpha value is -2.43. The normalized spacial score (nSPS) is 12.3. The van der Waals surface area contributed by atoms with E-state index in [1.54, 1.807) is 29.3 Å². The molecule has 10 heteroatoms. The molecule has 0 N–H and O–H groups in total.